The largest absolute Gasteiger partial charge is 0.289 e. The fraction of sp³-hybridized carbons (Fsp3) is 0.300. The highest BCUT2D eigenvalue weighted by Crippen LogP contribution is 2.18. The highest BCUT2D eigenvalue weighted by molar-refractivity contribution is 5.82. The molecule has 0 spiro atoms. The van der Waals surface area contributed by atoms with Crippen LogP contribution in [0, 0.1) is 0 Å². The van der Waals surface area contributed by atoms with E-state index in [0.717, 1.165) is 5.56 Å². The third-order valence-corrected chi connectivity index (χ3v) is 2.04. The van der Waals surface area contributed by atoms with E-state index in [1.54, 1.807) is 5.48 Å². The maximum Gasteiger partial charge on any atom is 0.250 e. The first-order valence-corrected chi connectivity index (χ1v) is 4.28. The summed E-state index contributed by atoms with van der Waals surface area (Å²) in [4.78, 5) is 11.2. The molecule has 0 aromatic heterocycles. The van der Waals surface area contributed by atoms with Crippen molar-refractivity contribution in [3.63, 3.8) is 0 Å². The molecule has 0 aliphatic heterocycles. The molecular weight excluding hydrogens is 166 g/mol. The minimum atomic E-state index is -0.353. The van der Waals surface area contributed by atoms with E-state index in [1.165, 1.54) is 0 Å². The Labute approximate surface area is 77.4 Å². The highest BCUT2D eigenvalue weighted by Gasteiger charge is 2.16. The van der Waals surface area contributed by atoms with Gasteiger partial charge in [0.25, 0.3) is 5.91 Å². The molecule has 3 heteroatoms. The second kappa shape index (κ2) is 4.62. The van der Waals surface area contributed by atoms with E-state index in [9.17, 15) is 4.79 Å². The van der Waals surface area contributed by atoms with Gasteiger partial charge in [-0.2, -0.15) is 0 Å². The molecule has 1 unspecified atom stereocenters. The van der Waals surface area contributed by atoms with Crippen molar-refractivity contribution in [3.05, 3.63) is 35.9 Å². The molecular formula is C10H13NO2. The first-order valence-electron chi connectivity index (χ1n) is 4.28. The molecule has 0 saturated heterocycles. The van der Waals surface area contributed by atoms with E-state index in [4.69, 9.17) is 5.21 Å². The lowest BCUT2D eigenvalue weighted by Gasteiger charge is -2.11. The van der Waals surface area contributed by atoms with Crippen LogP contribution in [-0.2, 0) is 4.79 Å². The van der Waals surface area contributed by atoms with Crippen LogP contribution >= 0.6 is 0 Å². The van der Waals surface area contributed by atoms with Gasteiger partial charge in [-0.25, -0.2) is 5.48 Å². The van der Waals surface area contributed by atoms with Gasteiger partial charge in [-0.3, -0.25) is 10.0 Å². The smallest absolute Gasteiger partial charge is 0.250 e. The fourth-order valence-electron chi connectivity index (χ4n) is 1.34. The SMILES string of the molecule is CCC(C(=O)NO)c1ccccc1. The van der Waals surface area contributed by atoms with Crippen LogP contribution in [0.1, 0.15) is 24.8 Å². The molecule has 2 N–H and O–H groups in total. The molecule has 0 bridgehead atoms. The van der Waals surface area contributed by atoms with Crippen LogP contribution in [0.15, 0.2) is 30.3 Å². The average Bonchev–Trinajstić information content (AvgIpc) is 2.20. The summed E-state index contributed by atoms with van der Waals surface area (Å²) in [6.07, 6.45) is 0.677. The normalized spacial score (nSPS) is 12.2. The number of hydrogen-bond donors (Lipinski definition) is 2. The number of rotatable bonds is 3. The number of nitrogens with one attached hydrogen (secondary N) is 1. The Morgan fingerprint density at radius 2 is 2.08 bits per heavy atom. The molecule has 0 heterocycles. The minimum Gasteiger partial charge on any atom is -0.289 e. The Hall–Kier alpha value is -1.35. The third-order valence-electron chi connectivity index (χ3n) is 2.04. The molecule has 0 radical (unpaired) electrons. The van der Waals surface area contributed by atoms with Gasteiger partial charge < -0.3 is 0 Å². The van der Waals surface area contributed by atoms with E-state index in [0.29, 0.717) is 6.42 Å². The Morgan fingerprint density at radius 1 is 1.46 bits per heavy atom. The second-order valence-corrected chi connectivity index (χ2v) is 2.85. The Kier molecular flexibility index (Phi) is 3.46. The Morgan fingerprint density at radius 3 is 2.54 bits per heavy atom. The van der Waals surface area contributed by atoms with Crippen LogP contribution in [0.5, 0.6) is 0 Å². The number of benzene rings is 1. The van der Waals surface area contributed by atoms with Crippen LogP contribution in [-0.4, -0.2) is 11.1 Å². The van der Waals surface area contributed by atoms with E-state index < -0.39 is 0 Å². The van der Waals surface area contributed by atoms with Gasteiger partial charge in [0.1, 0.15) is 0 Å². The predicted octanol–water partition coefficient (Wildman–Crippen LogP) is 1.69. The molecule has 0 aliphatic carbocycles. The number of hydrogen-bond acceptors (Lipinski definition) is 2. The van der Waals surface area contributed by atoms with Crippen LogP contribution in [0.3, 0.4) is 0 Å². The van der Waals surface area contributed by atoms with E-state index >= 15 is 0 Å². The number of carbonyl (C=O) groups is 1. The molecule has 1 aromatic carbocycles. The highest BCUT2D eigenvalue weighted by atomic mass is 16.5. The maximum absolute atomic E-state index is 11.2. The summed E-state index contributed by atoms with van der Waals surface area (Å²) in [6, 6.07) is 9.41. The number of hydroxylamine groups is 1. The Bertz CT molecular complexity index is 272. The molecule has 1 amide bonds. The first-order chi connectivity index (χ1) is 6.29. The van der Waals surface area contributed by atoms with Gasteiger partial charge in [0, 0.05) is 0 Å². The molecule has 1 aromatic rings. The van der Waals surface area contributed by atoms with Crippen molar-refractivity contribution in [1.29, 1.82) is 0 Å². The third kappa shape index (κ3) is 2.29. The van der Waals surface area contributed by atoms with Gasteiger partial charge in [-0.15, -0.1) is 0 Å². The van der Waals surface area contributed by atoms with Crippen molar-refractivity contribution in [1.82, 2.24) is 5.48 Å². The van der Waals surface area contributed by atoms with Crippen molar-refractivity contribution >= 4 is 5.91 Å². The van der Waals surface area contributed by atoms with Crippen molar-refractivity contribution < 1.29 is 10.0 Å². The topological polar surface area (TPSA) is 49.3 Å². The quantitative estimate of drug-likeness (QED) is 0.548. The maximum atomic E-state index is 11.2. The zero-order valence-electron chi connectivity index (χ0n) is 7.53. The molecule has 3 nitrogen and oxygen atoms in total. The molecule has 1 rings (SSSR count). The lowest BCUT2D eigenvalue weighted by Crippen LogP contribution is -2.25. The summed E-state index contributed by atoms with van der Waals surface area (Å²) in [5, 5.41) is 8.50. The van der Waals surface area contributed by atoms with Gasteiger partial charge in [-0.05, 0) is 12.0 Å². The monoisotopic (exact) mass is 179 g/mol. The fourth-order valence-corrected chi connectivity index (χ4v) is 1.34. The zero-order chi connectivity index (χ0) is 9.68. The second-order valence-electron chi connectivity index (χ2n) is 2.85. The zero-order valence-corrected chi connectivity index (χ0v) is 7.53. The number of amides is 1. The summed E-state index contributed by atoms with van der Waals surface area (Å²) < 4.78 is 0. The van der Waals surface area contributed by atoms with Crippen molar-refractivity contribution in [2.45, 2.75) is 19.3 Å². The number of carbonyl (C=O) groups excluding carboxylic acids is 1. The van der Waals surface area contributed by atoms with Crippen LogP contribution < -0.4 is 5.48 Å². The lowest BCUT2D eigenvalue weighted by atomic mass is 9.96. The van der Waals surface area contributed by atoms with E-state index in [2.05, 4.69) is 0 Å². The van der Waals surface area contributed by atoms with Gasteiger partial charge in [-0.1, -0.05) is 37.3 Å². The van der Waals surface area contributed by atoms with E-state index in [-0.39, 0.29) is 11.8 Å². The van der Waals surface area contributed by atoms with Crippen LogP contribution in [0.2, 0.25) is 0 Å². The molecule has 1 atom stereocenters. The first kappa shape index (κ1) is 9.74. The van der Waals surface area contributed by atoms with Crippen molar-refractivity contribution in [2.75, 3.05) is 0 Å². The minimum absolute atomic E-state index is 0.258. The summed E-state index contributed by atoms with van der Waals surface area (Å²) in [6.45, 7) is 1.91. The molecule has 0 fully saturated rings. The summed E-state index contributed by atoms with van der Waals surface area (Å²) >= 11 is 0. The standard InChI is InChI=1S/C10H13NO2/c1-2-9(10(12)11-13)8-6-4-3-5-7-8/h3-7,9,13H,2H2,1H3,(H,11,12). The van der Waals surface area contributed by atoms with Gasteiger partial charge >= 0.3 is 0 Å². The van der Waals surface area contributed by atoms with Crippen LogP contribution in [0.4, 0.5) is 0 Å². The lowest BCUT2D eigenvalue weighted by molar-refractivity contribution is -0.130. The predicted molar refractivity (Wildman–Crippen MR) is 49.4 cm³/mol. The summed E-state index contributed by atoms with van der Waals surface area (Å²) in [5.74, 6) is -0.611. The van der Waals surface area contributed by atoms with Crippen LogP contribution in [0.25, 0.3) is 0 Å². The molecule has 70 valence electrons. The van der Waals surface area contributed by atoms with Crippen molar-refractivity contribution in [3.8, 4) is 0 Å². The summed E-state index contributed by atoms with van der Waals surface area (Å²) in [5.41, 5.74) is 2.60. The van der Waals surface area contributed by atoms with Gasteiger partial charge in [0.05, 0.1) is 5.92 Å². The average molecular weight is 179 g/mol. The van der Waals surface area contributed by atoms with Gasteiger partial charge in [0.15, 0.2) is 0 Å². The van der Waals surface area contributed by atoms with Gasteiger partial charge in [0.2, 0.25) is 0 Å². The Balaban J connectivity index is 2.85. The molecule has 0 saturated carbocycles. The molecule has 13 heavy (non-hydrogen) atoms. The van der Waals surface area contributed by atoms with E-state index in [1.807, 2.05) is 37.3 Å². The molecule has 0 aliphatic rings. The van der Waals surface area contributed by atoms with Crippen molar-refractivity contribution in [2.24, 2.45) is 0 Å². The summed E-state index contributed by atoms with van der Waals surface area (Å²) in [7, 11) is 0.